The van der Waals surface area contributed by atoms with Gasteiger partial charge in [0.2, 0.25) is 10.0 Å². The molecular formula is C18H24N2O3S. The summed E-state index contributed by atoms with van der Waals surface area (Å²) < 4.78 is 33.7. The minimum Gasteiger partial charge on any atom is -0.494 e. The fourth-order valence-corrected chi connectivity index (χ4v) is 3.73. The first-order valence-corrected chi connectivity index (χ1v) is 9.49. The van der Waals surface area contributed by atoms with Crippen LogP contribution in [0, 0.1) is 6.92 Å². The Morgan fingerprint density at radius 1 is 1.29 bits per heavy atom. The molecule has 1 aromatic carbocycles. The molecule has 1 heterocycles. The number of aromatic nitrogens is 1. The van der Waals surface area contributed by atoms with Crippen LogP contribution < -0.4 is 9.46 Å². The number of benzene rings is 1. The van der Waals surface area contributed by atoms with Crippen molar-refractivity contribution in [1.82, 2.24) is 9.71 Å². The molecule has 1 N–H and O–H groups in total. The van der Waals surface area contributed by atoms with Crippen LogP contribution in [0.25, 0.3) is 0 Å². The molecule has 0 spiro atoms. The van der Waals surface area contributed by atoms with Crippen molar-refractivity contribution < 1.29 is 13.2 Å². The molecule has 0 unspecified atom stereocenters. The van der Waals surface area contributed by atoms with Crippen LogP contribution in [0.5, 0.6) is 5.75 Å². The summed E-state index contributed by atoms with van der Waals surface area (Å²) in [6, 6.07) is 7.14. The van der Waals surface area contributed by atoms with E-state index in [0.717, 1.165) is 16.9 Å². The lowest BCUT2D eigenvalue weighted by atomic mass is 10.0. The molecule has 2 rings (SSSR count). The first-order chi connectivity index (χ1) is 11.3. The molecule has 130 valence electrons. The van der Waals surface area contributed by atoms with Gasteiger partial charge < -0.3 is 4.74 Å². The van der Waals surface area contributed by atoms with Gasteiger partial charge in [0, 0.05) is 18.9 Å². The van der Waals surface area contributed by atoms with E-state index in [2.05, 4.69) is 9.71 Å². The standard InChI is InChI=1S/C18H24N2O3S/c1-5-23-17-9-14(4)18(10-16(17)13(2)3)24(21,22)20-12-15-7-6-8-19-11-15/h6-11,13,20H,5,12H2,1-4H3. The second-order valence-corrected chi connectivity index (χ2v) is 7.66. The summed E-state index contributed by atoms with van der Waals surface area (Å²) in [6.07, 6.45) is 3.30. The summed E-state index contributed by atoms with van der Waals surface area (Å²) in [4.78, 5) is 4.28. The first-order valence-electron chi connectivity index (χ1n) is 8.01. The van der Waals surface area contributed by atoms with Gasteiger partial charge in [-0.3, -0.25) is 4.98 Å². The predicted molar refractivity (Wildman–Crippen MR) is 94.7 cm³/mol. The van der Waals surface area contributed by atoms with Crippen LogP contribution >= 0.6 is 0 Å². The zero-order chi connectivity index (χ0) is 17.7. The number of rotatable bonds is 7. The molecule has 0 radical (unpaired) electrons. The summed E-state index contributed by atoms with van der Waals surface area (Å²) in [5.41, 5.74) is 2.37. The van der Waals surface area contributed by atoms with Crippen LogP contribution in [0.15, 0.2) is 41.6 Å². The molecule has 6 heteroatoms. The molecule has 1 aromatic heterocycles. The molecule has 0 fully saturated rings. The summed E-state index contributed by atoms with van der Waals surface area (Å²) in [7, 11) is -3.61. The van der Waals surface area contributed by atoms with E-state index in [9.17, 15) is 8.42 Å². The van der Waals surface area contributed by atoms with Gasteiger partial charge in [-0.05, 0) is 54.7 Å². The monoisotopic (exact) mass is 348 g/mol. The van der Waals surface area contributed by atoms with Gasteiger partial charge in [-0.1, -0.05) is 19.9 Å². The molecular weight excluding hydrogens is 324 g/mol. The molecule has 5 nitrogen and oxygen atoms in total. The zero-order valence-electron chi connectivity index (χ0n) is 14.5. The molecule has 0 bridgehead atoms. The Kier molecular flexibility index (Phi) is 5.96. The minimum absolute atomic E-state index is 0.166. The molecule has 0 aliphatic rings. The van der Waals surface area contributed by atoms with Gasteiger partial charge in [0.15, 0.2) is 0 Å². The lowest BCUT2D eigenvalue weighted by Gasteiger charge is -2.17. The number of nitrogens with zero attached hydrogens (tertiary/aromatic N) is 1. The van der Waals surface area contributed by atoms with Crippen LogP contribution in [0.1, 0.15) is 43.4 Å². The molecule has 0 aliphatic heterocycles. The maximum absolute atomic E-state index is 12.7. The SMILES string of the molecule is CCOc1cc(C)c(S(=O)(=O)NCc2cccnc2)cc1C(C)C. The predicted octanol–water partition coefficient (Wildman–Crippen LogP) is 3.39. The van der Waals surface area contributed by atoms with Gasteiger partial charge in [-0.15, -0.1) is 0 Å². The molecule has 0 atom stereocenters. The van der Waals surface area contributed by atoms with Crippen molar-refractivity contribution in [3.63, 3.8) is 0 Å². The van der Waals surface area contributed by atoms with E-state index >= 15 is 0 Å². The fraction of sp³-hybridized carbons (Fsp3) is 0.389. The van der Waals surface area contributed by atoms with E-state index in [4.69, 9.17) is 4.74 Å². The average molecular weight is 348 g/mol. The third kappa shape index (κ3) is 4.33. The highest BCUT2D eigenvalue weighted by Crippen LogP contribution is 2.31. The highest BCUT2D eigenvalue weighted by Gasteiger charge is 2.21. The van der Waals surface area contributed by atoms with E-state index in [1.165, 1.54) is 0 Å². The van der Waals surface area contributed by atoms with Gasteiger partial charge >= 0.3 is 0 Å². The normalized spacial score (nSPS) is 11.7. The molecule has 0 aliphatic carbocycles. The van der Waals surface area contributed by atoms with Crippen molar-refractivity contribution in [2.45, 2.75) is 45.1 Å². The highest BCUT2D eigenvalue weighted by atomic mass is 32.2. The number of nitrogens with one attached hydrogen (secondary N) is 1. The van der Waals surface area contributed by atoms with E-state index in [0.29, 0.717) is 17.1 Å². The number of ether oxygens (including phenoxy) is 1. The Balaban J connectivity index is 2.33. The number of aryl methyl sites for hydroxylation is 1. The van der Waals surface area contributed by atoms with Crippen LogP contribution in [-0.4, -0.2) is 20.0 Å². The topological polar surface area (TPSA) is 68.3 Å². The lowest BCUT2D eigenvalue weighted by Crippen LogP contribution is -2.24. The van der Waals surface area contributed by atoms with Crippen molar-refractivity contribution in [1.29, 1.82) is 0 Å². The molecule has 0 amide bonds. The second-order valence-electron chi connectivity index (χ2n) is 5.93. The maximum atomic E-state index is 12.7. The number of hydrogen-bond donors (Lipinski definition) is 1. The van der Waals surface area contributed by atoms with Crippen LogP contribution in [0.3, 0.4) is 0 Å². The summed E-state index contributed by atoms with van der Waals surface area (Å²) in [5, 5.41) is 0. The van der Waals surface area contributed by atoms with Crippen molar-refractivity contribution in [3.05, 3.63) is 53.3 Å². The third-order valence-electron chi connectivity index (χ3n) is 3.71. The highest BCUT2D eigenvalue weighted by molar-refractivity contribution is 7.89. The quantitative estimate of drug-likeness (QED) is 0.833. The Labute approximate surface area is 144 Å². The number of sulfonamides is 1. The lowest BCUT2D eigenvalue weighted by molar-refractivity contribution is 0.334. The van der Waals surface area contributed by atoms with Gasteiger partial charge in [-0.2, -0.15) is 0 Å². The largest absolute Gasteiger partial charge is 0.494 e. The molecule has 24 heavy (non-hydrogen) atoms. The van der Waals surface area contributed by atoms with Gasteiger partial charge in [-0.25, -0.2) is 13.1 Å². The number of hydrogen-bond acceptors (Lipinski definition) is 4. The Morgan fingerprint density at radius 2 is 2.04 bits per heavy atom. The summed E-state index contributed by atoms with van der Waals surface area (Å²) in [5.74, 6) is 0.913. The van der Waals surface area contributed by atoms with E-state index < -0.39 is 10.0 Å². The van der Waals surface area contributed by atoms with Gasteiger partial charge in [0.1, 0.15) is 5.75 Å². The van der Waals surface area contributed by atoms with E-state index in [1.54, 1.807) is 37.5 Å². The summed E-state index contributed by atoms with van der Waals surface area (Å²) in [6.45, 7) is 8.49. The molecule has 2 aromatic rings. The fourth-order valence-electron chi connectivity index (χ4n) is 2.46. The Morgan fingerprint density at radius 3 is 2.62 bits per heavy atom. The second kappa shape index (κ2) is 7.77. The van der Waals surface area contributed by atoms with Crippen molar-refractivity contribution in [2.24, 2.45) is 0 Å². The van der Waals surface area contributed by atoms with Crippen LogP contribution in [-0.2, 0) is 16.6 Å². The molecule has 0 saturated carbocycles. The Hall–Kier alpha value is -1.92. The zero-order valence-corrected chi connectivity index (χ0v) is 15.4. The van der Waals surface area contributed by atoms with Gasteiger partial charge in [0.05, 0.1) is 11.5 Å². The molecule has 0 saturated heterocycles. The van der Waals surface area contributed by atoms with Crippen molar-refractivity contribution in [3.8, 4) is 5.75 Å². The first kappa shape index (κ1) is 18.4. The summed E-state index contributed by atoms with van der Waals surface area (Å²) >= 11 is 0. The minimum atomic E-state index is -3.61. The van der Waals surface area contributed by atoms with Gasteiger partial charge in [0.25, 0.3) is 0 Å². The van der Waals surface area contributed by atoms with Crippen LogP contribution in [0.2, 0.25) is 0 Å². The Bertz CT molecular complexity index is 787. The number of pyridine rings is 1. The third-order valence-corrected chi connectivity index (χ3v) is 5.25. The average Bonchev–Trinajstić information content (AvgIpc) is 2.54. The van der Waals surface area contributed by atoms with Crippen molar-refractivity contribution in [2.75, 3.05) is 6.61 Å². The van der Waals surface area contributed by atoms with Crippen molar-refractivity contribution >= 4 is 10.0 Å². The van der Waals surface area contributed by atoms with E-state index in [1.807, 2.05) is 26.8 Å². The van der Waals surface area contributed by atoms with E-state index in [-0.39, 0.29) is 12.5 Å². The van der Waals surface area contributed by atoms with Crippen LogP contribution in [0.4, 0.5) is 0 Å². The maximum Gasteiger partial charge on any atom is 0.241 e. The smallest absolute Gasteiger partial charge is 0.241 e.